The molecule has 0 aliphatic carbocycles. The molecule has 24 heavy (non-hydrogen) atoms. The van der Waals surface area contributed by atoms with Gasteiger partial charge >= 0.3 is 6.03 Å². The van der Waals surface area contributed by atoms with Crippen molar-refractivity contribution in [2.75, 3.05) is 12.4 Å². The van der Waals surface area contributed by atoms with E-state index in [1.54, 1.807) is 19.4 Å². The second-order valence-corrected chi connectivity index (χ2v) is 5.20. The van der Waals surface area contributed by atoms with Gasteiger partial charge in [-0.05, 0) is 23.6 Å². The average molecular weight is 318 g/mol. The lowest BCUT2D eigenvalue weighted by Gasteiger charge is -2.08. The fourth-order valence-corrected chi connectivity index (χ4v) is 2.50. The van der Waals surface area contributed by atoms with Gasteiger partial charge in [0.15, 0.2) is 0 Å². The monoisotopic (exact) mass is 318 g/mol. The van der Waals surface area contributed by atoms with Gasteiger partial charge in [0.2, 0.25) is 0 Å². The van der Waals surface area contributed by atoms with E-state index >= 15 is 0 Å². The van der Waals surface area contributed by atoms with E-state index < -0.39 is 0 Å². The summed E-state index contributed by atoms with van der Waals surface area (Å²) < 4.78 is 5.27. The summed E-state index contributed by atoms with van der Waals surface area (Å²) in [6.07, 6.45) is 3.39. The van der Waals surface area contributed by atoms with Crippen LogP contribution in [0.2, 0.25) is 0 Å². The molecule has 0 spiro atoms. The Labute approximate surface area is 140 Å². The van der Waals surface area contributed by atoms with Gasteiger partial charge < -0.3 is 15.4 Å². The molecule has 3 rings (SSSR count). The molecule has 0 aromatic heterocycles. The van der Waals surface area contributed by atoms with E-state index in [-0.39, 0.29) is 6.03 Å². The van der Waals surface area contributed by atoms with Crippen LogP contribution < -0.4 is 15.4 Å². The van der Waals surface area contributed by atoms with Gasteiger partial charge in [-0.15, -0.1) is 0 Å². The van der Waals surface area contributed by atoms with Crippen molar-refractivity contribution in [2.24, 2.45) is 0 Å². The molecule has 0 saturated carbocycles. The van der Waals surface area contributed by atoms with Crippen LogP contribution in [0.4, 0.5) is 10.5 Å². The van der Waals surface area contributed by atoms with Crippen LogP contribution in [0, 0.1) is 0 Å². The van der Waals surface area contributed by atoms with Crippen molar-refractivity contribution in [3.63, 3.8) is 0 Å². The molecular formula is C20H18N2O2. The lowest BCUT2D eigenvalue weighted by molar-refractivity contribution is 0.255. The molecule has 0 radical (unpaired) electrons. The SMILES string of the molecule is COc1ccccc1/C=C/NC(=O)Nc1cccc2ccccc12. The third-order valence-corrected chi connectivity index (χ3v) is 3.65. The summed E-state index contributed by atoms with van der Waals surface area (Å²) in [6, 6.07) is 21.0. The summed E-state index contributed by atoms with van der Waals surface area (Å²) in [7, 11) is 1.62. The number of ether oxygens (including phenoxy) is 1. The summed E-state index contributed by atoms with van der Waals surface area (Å²) in [5.74, 6) is 0.755. The predicted molar refractivity (Wildman–Crippen MR) is 98.1 cm³/mol. The zero-order valence-electron chi connectivity index (χ0n) is 13.3. The van der Waals surface area contributed by atoms with Crippen molar-refractivity contribution in [2.45, 2.75) is 0 Å². The first kappa shape index (κ1) is 15.6. The number of anilines is 1. The number of hydrogen-bond acceptors (Lipinski definition) is 2. The summed E-state index contributed by atoms with van der Waals surface area (Å²) in [6.45, 7) is 0. The maximum absolute atomic E-state index is 12.1. The Morgan fingerprint density at radius 3 is 2.58 bits per heavy atom. The molecule has 0 aliphatic heterocycles. The number of nitrogens with one attached hydrogen (secondary N) is 2. The average Bonchev–Trinajstić information content (AvgIpc) is 2.62. The minimum atomic E-state index is -0.294. The van der Waals surface area contributed by atoms with E-state index in [1.165, 1.54) is 0 Å². The van der Waals surface area contributed by atoms with E-state index in [1.807, 2.05) is 66.7 Å². The first-order chi connectivity index (χ1) is 11.8. The van der Waals surface area contributed by atoms with Crippen LogP contribution in [0.15, 0.2) is 72.9 Å². The van der Waals surface area contributed by atoms with Crippen LogP contribution in [0.5, 0.6) is 5.75 Å². The predicted octanol–water partition coefficient (Wildman–Crippen LogP) is 4.64. The summed E-state index contributed by atoms with van der Waals surface area (Å²) in [5, 5.41) is 7.66. The van der Waals surface area contributed by atoms with E-state index in [9.17, 15) is 4.79 Å². The zero-order chi connectivity index (χ0) is 16.8. The first-order valence-electron chi connectivity index (χ1n) is 7.63. The maximum atomic E-state index is 12.1. The normalized spacial score (nSPS) is 10.7. The maximum Gasteiger partial charge on any atom is 0.323 e. The van der Waals surface area contributed by atoms with Crippen molar-refractivity contribution in [3.05, 3.63) is 78.5 Å². The topological polar surface area (TPSA) is 50.4 Å². The van der Waals surface area contributed by atoms with Gasteiger partial charge in [-0.25, -0.2) is 4.79 Å². The molecule has 0 aliphatic rings. The van der Waals surface area contributed by atoms with Crippen molar-refractivity contribution in [1.29, 1.82) is 0 Å². The number of amides is 2. The number of urea groups is 1. The fraction of sp³-hybridized carbons (Fsp3) is 0.0500. The first-order valence-corrected chi connectivity index (χ1v) is 7.63. The van der Waals surface area contributed by atoms with Crippen molar-refractivity contribution in [1.82, 2.24) is 5.32 Å². The third-order valence-electron chi connectivity index (χ3n) is 3.65. The summed E-state index contributed by atoms with van der Waals surface area (Å²) in [5.41, 5.74) is 1.67. The molecule has 0 heterocycles. The van der Waals surface area contributed by atoms with E-state index in [2.05, 4.69) is 10.6 Å². The lowest BCUT2D eigenvalue weighted by atomic mass is 10.1. The second-order valence-electron chi connectivity index (χ2n) is 5.20. The number of carbonyl (C=O) groups is 1. The summed E-state index contributed by atoms with van der Waals surface area (Å²) >= 11 is 0. The number of carbonyl (C=O) groups excluding carboxylic acids is 1. The Kier molecular flexibility index (Phi) is 4.77. The third kappa shape index (κ3) is 3.55. The van der Waals surface area contributed by atoms with Crippen LogP contribution in [0.3, 0.4) is 0 Å². The van der Waals surface area contributed by atoms with Gasteiger partial charge in [-0.1, -0.05) is 54.6 Å². The highest BCUT2D eigenvalue weighted by Gasteiger charge is 2.03. The molecule has 0 atom stereocenters. The quantitative estimate of drug-likeness (QED) is 0.736. The molecule has 3 aromatic rings. The van der Waals surface area contributed by atoms with E-state index in [0.717, 1.165) is 27.8 Å². The number of methoxy groups -OCH3 is 1. The van der Waals surface area contributed by atoms with Gasteiger partial charge in [-0.3, -0.25) is 0 Å². The largest absolute Gasteiger partial charge is 0.496 e. The molecule has 0 fully saturated rings. The van der Waals surface area contributed by atoms with Crippen LogP contribution in [0.25, 0.3) is 16.8 Å². The standard InChI is InChI=1S/C20H18N2O2/c1-24-19-12-5-3-8-16(19)13-14-21-20(23)22-18-11-6-9-15-7-2-4-10-17(15)18/h2-14H,1H3,(H2,21,22,23)/b14-13+. The number of rotatable bonds is 4. The Morgan fingerprint density at radius 2 is 1.71 bits per heavy atom. The van der Waals surface area contributed by atoms with Gasteiger partial charge in [0.1, 0.15) is 5.75 Å². The Morgan fingerprint density at radius 1 is 0.958 bits per heavy atom. The minimum Gasteiger partial charge on any atom is -0.496 e. The Balaban J connectivity index is 1.68. The van der Waals surface area contributed by atoms with Gasteiger partial charge in [-0.2, -0.15) is 0 Å². The molecular weight excluding hydrogens is 300 g/mol. The Hall–Kier alpha value is -3.27. The van der Waals surface area contributed by atoms with Crippen LogP contribution >= 0.6 is 0 Å². The highest BCUT2D eigenvalue weighted by atomic mass is 16.5. The lowest BCUT2D eigenvalue weighted by Crippen LogP contribution is -2.23. The molecule has 4 heteroatoms. The van der Waals surface area contributed by atoms with Crippen molar-refractivity contribution in [3.8, 4) is 5.75 Å². The zero-order valence-corrected chi connectivity index (χ0v) is 13.3. The number of para-hydroxylation sites is 1. The smallest absolute Gasteiger partial charge is 0.323 e. The van der Waals surface area contributed by atoms with Gasteiger partial charge in [0.25, 0.3) is 0 Å². The van der Waals surface area contributed by atoms with Crippen LogP contribution in [0.1, 0.15) is 5.56 Å². The van der Waals surface area contributed by atoms with Crippen molar-refractivity contribution >= 4 is 28.6 Å². The molecule has 2 amide bonds. The molecule has 4 nitrogen and oxygen atoms in total. The van der Waals surface area contributed by atoms with Crippen molar-refractivity contribution < 1.29 is 9.53 Å². The number of fused-ring (bicyclic) bond motifs is 1. The van der Waals surface area contributed by atoms with Crippen LogP contribution in [-0.4, -0.2) is 13.1 Å². The molecule has 3 aromatic carbocycles. The van der Waals surface area contributed by atoms with E-state index in [4.69, 9.17) is 4.74 Å². The number of hydrogen-bond donors (Lipinski definition) is 2. The summed E-state index contributed by atoms with van der Waals surface area (Å²) in [4.78, 5) is 12.1. The second kappa shape index (κ2) is 7.33. The molecule has 0 bridgehead atoms. The number of benzene rings is 3. The minimum absolute atomic E-state index is 0.294. The molecule has 0 saturated heterocycles. The van der Waals surface area contributed by atoms with Gasteiger partial charge in [0.05, 0.1) is 12.8 Å². The Bertz CT molecular complexity index is 882. The molecule has 120 valence electrons. The molecule has 0 unspecified atom stereocenters. The van der Waals surface area contributed by atoms with Gasteiger partial charge in [0, 0.05) is 17.1 Å². The highest BCUT2D eigenvalue weighted by molar-refractivity contribution is 6.01. The highest BCUT2D eigenvalue weighted by Crippen LogP contribution is 2.22. The van der Waals surface area contributed by atoms with E-state index in [0.29, 0.717) is 0 Å². The van der Waals surface area contributed by atoms with Crippen LogP contribution in [-0.2, 0) is 0 Å². The fourth-order valence-electron chi connectivity index (χ4n) is 2.50. The molecule has 2 N–H and O–H groups in total.